The number of carbonyl (C=O) groups is 2. The van der Waals surface area contributed by atoms with Gasteiger partial charge < -0.3 is 19.7 Å². The van der Waals surface area contributed by atoms with Crippen LogP contribution in [-0.2, 0) is 19.1 Å². The van der Waals surface area contributed by atoms with Gasteiger partial charge in [0, 0.05) is 26.1 Å². The molecule has 0 aromatic heterocycles. The fourth-order valence-electron chi connectivity index (χ4n) is 5.11. The van der Waals surface area contributed by atoms with Gasteiger partial charge in [0.25, 0.3) is 0 Å². The van der Waals surface area contributed by atoms with E-state index >= 15 is 0 Å². The molecule has 0 aliphatic rings. The van der Waals surface area contributed by atoms with E-state index in [9.17, 15) is 9.59 Å². The van der Waals surface area contributed by atoms with E-state index in [1.54, 1.807) is 0 Å². The van der Waals surface area contributed by atoms with Crippen molar-refractivity contribution in [2.45, 2.75) is 180 Å². The summed E-state index contributed by atoms with van der Waals surface area (Å²) in [5.41, 5.74) is 0. The first kappa shape index (κ1) is 38.9. The lowest BCUT2D eigenvalue weighted by atomic mass is 10.0. The number of esters is 2. The van der Waals surface area contributed by atoms with Crippen molar-refractivity contribution in [2.24, 2.45) is 0 Å². The average molecular weight is 571 g/mol. The van der Waals surface area contributed by atoms with E-state index in [1.165, 1.54) is 116 Å². The first-order chi connectivity index (χ1) is 19.7. The van der Waals surface area contributed by atoms with Gasteiger partial charge in [-0.3, -0.25) is 9.59 Å². The van der Waals surface area contributed by atoms with Crippen molar-refractivity contribution in [3.8, 4) is 0 Å². The van der Waals surface area contributed by atoms with Gasteiger partial charge in [0.15, 0.2) is 0 Å². The van der Waals surface area contributed by atoms with E-state index in [1.807, 2.05) is 0 Å². The molecule has 40 heavy (non-hydrogen) atoms. The van der Waals surface area contributed by atoms with E-state index in [-0.39, 0.29) is 25.2 Å². The van der Waals surface area contributed by atoms with Crippen molar-refractivity contribution in [3.63, 3.8) is 0 Å². The molecule has 6 heteroatoms. The number of hydrogen-bond acceptors (Lipinski definition) is 6. The molecule has 0 aliphatic carbocycles. The fourth-order valence-corrected chi connectivity index (χ4v) is 5.11. The van der Waals surface area contributed by atoms with Gasteiger partial charge in [-0.2, -0.15) is 0 Å². The molecular weight excluding hydrogens is 504 g/mol. The normalized spacial score (nSPS) is 11.2. The summed E-state index contributed by atoms with van der Waals surface area (Å²) in [5, 5.41) is 17.5. The van der Waals surface area contributed by atoms with E-state index in [0.29, 0.717) is 26.1 Å². The van der Waals surface area contributed by atoms with E-state index in [4.69, 9.17) is 19.7 Å². The second kappa shape index (κ2) is 34.1. The minimum atomic E-state index is -0.187. The quantitative estimate of drug-likeness (QED) is 0.0604. The number of ether oxygens (including phenoxy) is 2. The third-order valence-electron chi connectivity index (χ3n) is 7.69. The molecule has 0 aliphatic heterocycles. The highest BCUT2D eigenvalue weighted by atomic mass is 16.6. The standard InChI is InChI=1S/C34H66O6/c35-29-25-21-17-13-9-5-1-3-7-11-15-19-23-27-33(37)39-31-32-40-34(38)28-24-20-16-12-8-4-2-6-10-14-18-22-26-30-36/h35-36H,1-32H2. The maximum atomic E-state index is 11.8. The van der Waals surface area contributed by atoms with Crippen LogP contribution in [0, 0.1) is 0 Å². The second-order valence-electron chi connectivity index (χ2n) is 11.6. The Morgan fingerprint density at radius 1 is 0.325 bits per heavy atom. The minimum absolute atomic E-state index is 0.161. The Bertz CT molecular complexity index is 479. The van der Waals surface area contributed by atoms with Crippen LogP contribution in [0.1, 0.15) is 180 Å². The smallest absolute Gasteiger partial charge is 0.305 e. The Kier molecular flexibility index (Phi) is 33.1. The first-order valence-corrected chi connectivity index (χ1v) is 17.2. The largest absolute Gasteiger partial charge is 0.462 e. The predicted molar refractivity (Wildman–Crippen MR) is 165 cm³/mol. The van der Waals surface area contributed by atoms with E-state index < -0.39 is 0 Å². The van der Waals surface area contributed by atoms with Gasteiger partial charge in [0.2, 0.25) is 0 Å². The molecule has 0 amide bonds. The summed E-state index contributed by atoms with van der Waals surface area (Å²) in [7, 11) is 0. The Hall–Kier alpha value is -1.14. The van der Waals surface area contributed by atoms with Crippen molar-refractivity contribution in [1.82, 2.24) is 0 Å². The maximum absolute atomic E-state index is 11.8. The third kappa shape index (κ3) is 33.1. The van der Waals surface area contributed by atoms with Crippen molar-refractivity contribution in [2.75, 3.05) is 26.4 Å². The van der Waals surface area contributed by atoms with Crippen molar-refractivity contribution in [1.29, 1.82) is 0 Å². The predicted octanol–water partition coefficient (Wildman–Crippen LogP) is 8.98. The van der Waals surface area contributed by atoms with Crippen LogP contribution in [0.5, 0.6) is 0 Å². The average Bonchev–Trinajstić information content (AvgIpc) is 2.95. The molecule has 0 aromatic carbocycles. The third-order valence-corrected chi connectivity index (χ3v) is 7.69. The minimum Gasteiger partial charge on any atom is -0.462 e. The number of aliphatic hydroxyl groups excluding tert-OH is 2. The summed E-state index contributed by atoms with van der Waals surface area (Å²) in [4.78, 5) is 23.7. The molecule has 0 unspecified atom stereocenters. The zero-order chi connectivity index (χ0) is 29.2. The molecule has 2 N–H and O–H groups in total. The molecule has 0 rings (SSSR count). The van der Waals surface area contributed by atoms with Crippen LogP contribution in [0.4, 0.5) is 0 Å². The highest BCUT2D eigenvalue weighted by molar-refractivity contribution is 5.70. The van der Waals surface area contributed by atoms with Crippen LogP contribution in [0.25, 0.3) is 0 Å². The lowest BCUT2D eigenvalue weighted by Gasteiger charge is -2.07. The van der Waals surface area contributed by atoms with Crippen LogP contribution >= 0.6 is 0 Å². The monoisotopic (exact) mass is 570 g/mol. The second-order valence-corrected chi connectivity index (χ2v) is 11.6. The molecule has 0 aromatic rings. The van der Waals surface area contributed by atoms with Crippen LogP contribution in [0.3, 0.4) is 0 Å². The van der Waals surface area contributed by atoms with E-state index in [2.05, 4.69) is 0 Å². The molecule has 0 radical (unpaired) electrons. The fraction of sp³-hybridized carbons (Fsp3) is 0.941. The van der Waals surface area contributed by atoms with Gasteiger partial charge in [0.05, 0.1) is 0 Å². The van der Waals surface area contributed by atoms with Gasteiger partial charge in [-0.05, 0) is 25.7 Å². The van der Waals surface area contributed by atoms with Gasteiger partial charge in [0.1, 0.15) is 13.2 Å². The Morgan fingerprint density at radius 3 is 0.750 bits per heavy atom. The number of carbonyl (C=O) groups excluding carboxylic acids is 2. The van der Waals surface area contributed by atoms with Gasteiger partial charge in [-0.1, -0.05) is 141 Å². The molecule has 0 fully saturated rings. The van der Waals surface area contributed by atoms with Gasteiger partial charge >= 0.3 is 11.9 Å². The highest BCUT2D eigenvalue weighted by Crippen LogP contribution is 2.14. The van der Waals surface area contributed by atoms with Gasteiger partial charge in [-0.25, -0.2) is 0 Å². The zero-order valence-electron chi connectivity index (χ0n) is 26.2. The number of rotatable bonds is 33. The summed E-state index contributed by atoms with van der Waals surface area (Å²) in [6, 6.07) is 0. The molecular formula is C34H66O6. The van der Waals surface area contributed by atoms with E-state index in [0.717, 1.165) is 51.4 Å². The molecule has 0 spiro atoms. The van der Waals surface area contributed by atoms with Crippen LogP contribution in [-0.4, -0.2) is 48.6 Å². The zero-order valence-corrected chi connectivity index (χ0v) is 26.2. The summed E-state index contributed by atoms with van der Waals surface area (Å²) in [6.45, 7) is 0.979. The molecule has 238 valence electrons. The molecule has 0 bridgehead atoms. The Labute approximate surface area is 247 Å². The maximum Gasteiger partial charge on any atom is 0.305 e. The Morgan fingerprint density at radius 2 is 0.525 bits per heavy atom. The molecule has 0 atom stereocenters. The topological polar surface area (TPSA) is 93.1 Å². The van der Waals surface area contributed by atoms with Gasteiger partial charge in [-0.15, -0.1) is 0 Å². The molecule has 0 heterocycles. The lowest BCUT2D eigenvalue weighted by Crippen LogP contribution is -2.13. The van der Waals surface area contributed by atoms with Crippen molar-refractivity contribution >= 4 is 11.9 Å². The summed E-state index contributed by atoms with van der Waals surface area (Å²) in [5.74, 6) is -0.374. The highest BCUT2D eigenvalue weighted by Gasteiger charge is 2.06. The molecule has 0 saturated heterocycles. The van der Waals surface area contributed by atoms with Crippen molar-refractivity contribution in [3.05, 3.63) is 0 Å². The molecule has 6 nitrogen and oxygen atoms in total. The SMILES string of the molecule is O=C(CCCCCCCCCCCCCCCO)OCCOC(=O)CCCCCCCCCCCCCCCO. The molecule has 0 saturated carbocycles. The summed E-state index contributed by atoms with van der Waals surface area (Å²) < 4.78 is 10.4. The van der Waals surface area contributed by atoms with Crippen LogP contribution in [0.15, 0.2) is 0 Å². The first-order valence-electron chi connectivity index (χ1n) is 17.2. The number of hydrogen-bond donors (Lipinski definition) is 2. The summed E-state index contributed by atoms with van der Waals surface area (Å²) in [6.07, 6.45) is 32.1. The van der Waals surface area contributed by atoms with Crippen LogP contribution < -0.4 is 0 Å². The summed E-state index contributed by atoms with van der Waals surface area (Å²) >= 11 is 0. The number of unbranched alkanes of at least 4 members (excludes halogenated alkanes) is 24. The number of aliphatic hydroxyl groups is 2. The van der Waals surface area contributed by atoms with Crippen LogP contribution in [0.2, 0.25) is 0 Å². The Balaban J connectivity index is 3.26. The van der Waals surface area contributed by atoms with Crippen molar-refractivity contribution < 1.29 is 29.3 Å². The lowest BCUT2D eigenvalue weighted by molar-refractivity contribution is -0.152.